The molecule has 0 aliphatic rings. The quantitative estimate of drug-likeness (QED) is 0.645. The first kappa shape index (κ1) is 16.4. The number of benzene rings is 1. The second-order valence-corrected chi connectivity index (χ2v) is 5.42. The maximum Gasteiger partial charge on any atom is 0.340 e. The van der Waals surface area contributed by atoms with Gasteiger partial charge in [0.2, 0.25) is 0 Å². The van der Waals surface area contributed by atoms with Crippen LogP contribution in [0, 0.1) is 5.82 Å². The Bertz CT molecular complexity index is 710. The molecule has 0 bridgehead atoms. The van der Waals surface area contributed by atoms with Crippen molar-refractivity contribution in [2.24, 2.45) is 0 Å². The summed E-state index contributed by atoms with van der Waals surface area (Å²) in [6, 6.07) is 7.02. The number of carbonyl (C=O) groups excluding carboxylic acids is 2. The zero-order valence-corrected chi connectivity index (χ0v) is 13.3. The number of amides is 1. The number of hydrogen-bond donors (Lipinski definition) is 1. The summed E-state index contributed by atoms with van der Waals surface area (Å²) in [5.74, 6) is -1.98. The van der Waals surface area contributed by atoms with Gasteiger partial charge in [0.25, 0.3) is 5.91 Å². The molecule has 0 unspecified atom stereocenters. The van der Waals surface area contributed by atoms with Crippen LogP contribution in [0.4, 0.5) is 10.1 Å². The van der Waals surface area contributed by atoms with Crippen molar-refractivity contribution in [2.75, 3.05) is 11.9 Å². The van der Waals surface area contributed by atoms with E-state index in [1.54, 1.807) is 6.07 Å². The van der Waals surface area contributed by atoms with E-state index in [4.69, 9.17) is 16.3 Å². The molecule has 5 nitrogen and oxygen atoms in total. The summed E-state index contributed by atoms with van der Waals surface area (Å²) >= 11 is 8.70. The van der Waals surface area contributed by atoms with E-state index in [2.05, 4.69) is 26.2 Å². The summed E-state index contributed by atoms with van der Waals surface area (Å²) in [5.41, 5.74) is 0.157. The first-order valence-electron chi connectivity index (χ1n) is 5.99. The average molecular weight is 388 g/mol. The van der Waals surface area contributed by atoms with Gasteiger partial charge in [0.05, 0.1) is 11.3 Å². The molecule has 0 aliphatic heterocycles. The first-order chi connectivity index (χ1) is 10.5. The molecule has 0 fully saturated rings. The Labute approximate surface area is 138 Å². The Balaban J connectivity index is 1.89. The number of carbonyl (C=O) groups is 2. The molecule has 0 spiro atoms. The standard InChI is InChI=1S/C14H9BrClFN2O3/c15-9-2-3-11(10(17)5-9)19-13(20)7-22-14(21)8-1-4-12(16)18-6-8/h1-6H,7H2,(H,19,20). The minimum atomic E-state index is -0.726. The van der Waals surface area contributed by atoms with E-state index in [1.807, 2.05) is 0 Å². The number of hydrogen-bond acceptors (Lipinski definition) is 4. The van der Waals surface area contributed by atoms with Crippen molar-refractivity contribution < 1.29 is 18.7 Å². The maximum absolute atomic E-state index is 13.5. The summed E-state index contributed by atoms with van der Waals surface area (Å²) in [6.07, 6.45) is 1.23. The van der Waals surface area contributed by atoms with Crippen LogP contribution in [-0.2, 0) is 9.53 Å². The monoisotopic (exact) mass is 386 g/mol. The van der Waals surface area contributed by atoms with E-state index in [9.17, 15) is 14.0 Å². The number of nitrogens with zero attached hydrogens (tertiary/aromatic N) is 1. The van der Waals surface area contributed by atoms with Gasteiger partial charge in [-0.05, 0) is 30.3 Å². The zero-order valence-electron chi connectivity index (χ0n) is 11.0. The van der Waals surface area contributed by atoms with E-state index in [1.165, 1.54) is 30.5 Å². The van der Waals surface area contributed by atoms with Crippen molar-refractivity contribution in [1.82, 2.24) is 4.98 Å². The molecule has 8 heteroatoms. The topological polar surface area (TPSA) is 68.3 Å². The third kappa shape index (κ3) is 4.51. The number of pyridine rings is 1. The summed E-state index contributed by atoms with van der Waals surface area (Å²) < 4.78 is 18.9. The molecule has 1 amide bonds. The van der Waals surface area contributed by atoms with Gasteiger partial charge in [-0.1, -0.05) is 27.5 Å². The summed E-state index contributed by atoms with van der Waals surface area (Å²) in [5, 5.41) is 2.54. The number of esters is 1. The van der Waals surface area contributed by atoms with Gasteiger partial charge < -0.3 is 10.1 Å². The van der Waals surface area contributed by atoms with Gasteiger partial charge in [0, 0.05) is 10.7 Å². The summed E-state index contributed by atoms with van der Waals surface area (Å²) in [6.45, 7) is -0.545. The van der Waals surface area contributed by atoms with Gasteiger partial charge in [-0.3, -0.25) is 4.79 Å². The maximum atomic E-state index is 13.5. The van der Waals surface area contributed by atoms with Crippen LogP contribution in [0.15, 0.2) is 41.0 Å². The lowest BCUT2D eigenvalue weighted by Crippen LogP contribution is -2.21. The molecular formula is C14H9BrClFN2O3. The van der Waals surface area contributed by atoms with Crippen molar-refractivity contribution >= 4 is 45.1 Å². The average Bonchev–Trinajstić information content (AvgIpc) is 2.48. The van der Waals surface area contributed by atoms with Crippen molar-refractivity contribution in [3.05, 3.63) is 57.5 Å². The van der Waals surface area contributed by atoms with Gasteiger partial charge in [-0.15, -0.1) is 0 Å². The van der Waals surface area contributed by atoms with Gasteiger partial charge in [-0.2, -0.15) is 0 Å². The molecule has 1 aromatic heterocycles. The lowest BCUT2D eigenvalue weighted by molar-refractivity contribution is -0.119. The normalized spacial score (nSPS) is 10.1. The fourth-order valence-corrected chi connectivity index (χ4v) is 1.93. The van der Waals surface area contributed by atoms with Crippen LogP contribution in [0.2, 0.25) is 5.15 Å². The fourth-order valence-electron chi connectivity index (χ4n) is 1.49. The van der Waals surface area contributed by atoms with E-state index in [-0.39, 0.29) is 16.4 Å². The molecule has 1 heterocycles. The van der Waals surface area contributed by atoms with Crippen molar-refractivity contribution in [2.45, 2.75) is 0 Å². The first-order valence-corrected chi connectivity index (χ1v) is 7.16. The highest BCUT2D eigenvalue weighted by molar-refractivity contribution is 9.10. The summed E-state index contributed by atoms with van der Waals surface area (Å²) in [4.78, 5) is 27.0. The van der Waals surface area contributed by atoms with Crippen LogP contribution >= 0.6 is 27.5 Å². The Kier molecular flexibility index (Phi) is 5.46. The van der Waals surface area contributed by atoms with Crippen LogP contribution in [0.1, 0.15) is 10.4 Å². The Morgan fingerprint density at radius 2 is 2.09 bits per heavy atom. The number of rotatable bonds is 4. The lowest BCUT2D eigenvalue weighted by Gasteiger charge is -2.07. The van der Waals surface area contributed by atoms with E-state index < -0.39 is 24.3 Å². The molecule has 0 atom stereocenters. The molecule has 0 saturated carbocycles. The van der Waals surface area contributed by atoms with Crippen LogP contribution in [0.25, 0.3) is 0 Å². The van der Waals surface area contributed by atoms with Crippen molar-refractivity contribution in [3.8, 4) is 0 Å². The molecule has 2 aromatic rings. The molecule has 0 radical (unpaired) electrons. The predicted octanol–water partition coefficient (Wildman–Crippen LogP) is 3.43. The number of halogens is 3. The third-order valence-electron chi connectivity index (χ3n) is 2.50. The van der Waals surface area contributed by atoms with Crippen molar-refractivity contribution in [3.63, 3.8) is 0 Å². The second-order valence-electron chi connectivity index (χ2n) is 4.12. The SMILES string of the molecule is O=C(COC(=O)c1ccc(Cl)nc1)Nc1ccc(Br)cc1F. The highest BCUT2D eigenvalue weighted by atomic mass is 79.9. The second kappa shape index (κ2) is 7.33. The van der Waals surface area contributed by atoms with E-state index in [0.717, 1.165) is 0 Å². The number of aromatic nitrogens is 1. The predicted molar refractivity (Wildman–Crippen MR) is 82.3 cm³/mol. The molecule has 0 aliphatic carbocycles. The molecule has 2 rings (SSSR count). The fraction of sp³-hybridized carbons (Fsp3) is 0.0714. The van der Waals surface area contributed by atoms with Crippen LogP contribution in [-0.4, -0.2) is 23.5 Å². The molecule has 1 N–H and O–H groups in total. The highest BCUT2D eigenvalue weighted by Gasteiger charge is 2.12. The summed E-state index contributed by atoms with van der Waals surface area (Å²) in [7, 11) is 0. The number of ether oxygens (including phenoxy) is 1. The largest absolute Gasteiger partial charge is 0.452 e. The zero-order chi connectivity index (χ0) is 16.1. The van der Waals surface area contributed by atoms with Gasteiger partial charge in [0.15, 0.2) is 6.61 Å². The number of nitrogens with one attached hydrogen (secondary N) is 1. The van der Waals surface area contributed by atoms with Crippen LogP contribution < -0.4 is 5.32 Å². The minimum Gasteiger partial charge on any atom is -0.452 e. The Hall–Kier alpha value is -1.99. The minimum absolute atomic E-state index is 0.00240. The molecule has 0 saturated heterocycles. The molecule has 22 heavy (non-hydrogen) atoms. The smallest absolute Gasteiger partial charge is 0.340 e. The van der Waals surface area contributed by atoms with E-state index >= 15 is 0 Å². The van der Waals surface area contributed by atoms with E-state index in [0.29, 0.717) is 4.47 Å². The Morgan fingerprint density at radius 1 is 1.32 bits per heavy atom. The molecular weight excluding hydrogens is 379 g/mol. The molecule has 1 aromatic carbocycles. The van der Waals surface area contributed by atoms with Gasteiger partial charge in [0.1, 0.15) is 11.0 Å². The Morgan fingerprint density at radius 3 is 2.73 bits per heavy atom. The van der Waals surface area contributed by atoms with Crippen molar-refractivity contribution in [1.29, 1.82) is 0 Å². The third-order valence-corrected chi connectivity index (χ3v) is 3.22. The molecule has 114 valence electrons. The van der Waals surface area contributed by atoms with Crippen LogP contribution in [0.3, 0.4) is 0 Å². The van der Waals surface area contributed by atoms with Gasteiger partial charge in [-0.25, -0.2) is 14.2 Å². The highest BCUT2D eigenvalue weighted by Crippen LogP contribution is 2.19. The van der Waals surface area contributed by atoms with Crippen LogP contribution in [0.5, 0.6) is 0 Å². The van der Waals surface area contributed by atoms with Gasteiger partial charge >= 0.3 is 5.97 Å². The number of anilines is 1. The lowest BCUT2D eigenvalue weighted by atomic mass is 10.3.